The molecule has 0 aromatic carbocycles. The van der Waals surface area contributed by atoms with E-state index in [0.717, 1.165) is 0 Å². The molecule has 6 heteroatoms. The van der Waals surface area contributed by atoms with Gasteiger partial charge in [0.1, 0.15) is 6.04 Å². The summed E-state index contributed by atoms with van der Waals surface area (Å²) in [5.74, 6) is -0.619. The zero-order chi connectivity index (χ0) is 11.8. The summed E-state index contributed by atoms with van der Waals surface area (Å²) in [5, 5.41) is 13.9. The number of nitrogens with one attached hydrogen (secondary N) is 2. The van der Waals surface area contributed by atoms with Crippen LogP contribution in [-0.4, -0.2) is 49.3 Å². The lowest BCUT2D eigenvalue weighted by Gasteiger charge is -2.18. The molecule has 2 amide bonds. The van der Waals surface area contributed by atoms with Crippen molar-refractivity contribution in [3.8, 4) is 0 Å². The van der Waals surface area contributed by atoms with Crippen molar-refractivity contribution in [1.82, 2.24) is 10.6 Å². The maximum absolute atomic E-state index is 11.4. The summed E-state index contributed by atoms with van der Waals surface area (Å²) >= 11 is 0. The number of methoxy groups -OCH3 is 1. The molecule has 0 spiro atoms. The average molecular weight is 218 g/mol. The molecule has 0 fully saturated rings. The summed E-state index contributed by atoms with van der Waals surface area (Å²) in [6, 6.07) is -1.06. The number of aliphatic hydroxyl groups is 1. The van der Waals surface area contributed by atoms with Crippen LogP contribution < -0.4 is 10.6 Å². The number of aliphatic hydroxyl groups excluding tert-OH is 1. The van der Waals surface area contributed by atoms with Crippen molar-refractivity contribution in [3.05, 3.63) is 0 Å². The van der Waals surface area contributed by atoms with E-state index < -0.39 is 12.1 Å². The Morgan fingerprint density at radius 2 is 2.00 bits per heavy atom. The van der Waals surface area contributed by atoms with E-state index in [1.807, 2.05) is 0 Å². The first kappa shape index (κ1) is 13.9. The minimum atomic E-state index is -0.617. The van der Waals surface area contributed by atoms with Gasteiger partial charge in [0.15, 0.2) is 0 Å². The van der Waals surface area contributed by atoms with Crippen LogP contribution in [0.15, 0.2) is 0 Å². The van der Waals surface area contributed by atoms with Crippen LogP contribution in [0.25, 0.3) is 0 Å². The molecule has 0 aromatic heterocycles. The van der Waals surface area contributed by atoms with Crippen LogP contribution >= 0.6 is 0 Å². The highest BCUT2D eigenvalue weighted by molar-refractivity contribution is 5.86. The summed E-state index contributed by atoms with van der Waals surface area (Å²) in [7, 11) is 1.48. The molecule has 3 N–H and O–H groups in total. The molecule has 2 atom stereocenters. The zero-order valence-electron chi connectivity index (χ0n) is 9.24. The predicted molar refractivity (Wildman–Crippen MR) is 54.2 cm³/mol. The van der Waals surface area contributed by atoms with Crippen LogP contribution in [0.4, 0.5) is 0 Å². The van der Waals surface area contributed by atoms with Gasteiger partial charge in [-0.25, -0.2) is 0 Å². The van der Waals surface area contributed by atoms with E-state index in [-0.39, 0.29) is 25.0 Å². The molecule has 0 aromatic rings. The van der Waals surface area contributed by atoms with Gasteiger partial charge in [-0.2, -0.15) is 0 Å². The molecule has 0 radical (unpaired) electrons. The van der Waals surface area contributed by atoms with E-state index in [2.05, 4.69) is 10.6 Å². The molecule has 0 heterocycles. The first-order chi connectivity index (χ1) is 7.01. The molecule has 0 saturated heterocycles. The first-order valence-corrected chi connectivity index (χ1v) is 4.68. The van der Waals surface area contributed by atoms with E-state index in [9.17, 15) is 9.59 Å². The molecule has 2 unspecified atom stereocenters. The van der Waals surface area contributed by atoms with Gasteiger partial charge in [-0.15, -0.1) is 0 Å². The van der Waals surface area contributed by atoms with E-state index in [1.54, 1.807) is 6.92 Å². The van der Waals surface area contributed by atoms with Crippen molar-refractivity contribution in [3.63, 3.8) is 0 Å². The molecular formula is C9H18N2O4. The number of amides is 2. The molecule has 0 aliphatic heterocycles. The molecule has 0 bridgehead atoms. The maximum atomic E-state index is 11.4. The van der Waals surface area contributed by atoms with Crippen molar-refractivity contribution in [1.29, 1.82) is 0 Å². The van der Waals surface area contributed by atoms with Crippen molar-refractivity contribution in [2.75, 3.05) is 20.3 Å². The Bertz CT molecular complexity index is 220. The van der Waals surface area contributed by atoms with E-state index in [0.29, 0.717) is 0 Å². The second kappa shape index (κ2) is 7.19. The van der Waals surface area contributed by atoms with Crippen LogP contribution in [0.3, 0.4) is 0 Å². The van der Waals surface area contributed by atoms with Crippen molar-refractivity contribution in [2.45, 2.75) is 25.9 Å². The van der Waals surface area contributed by atoms with Gasteiger partial charge < -0.3 is 20.5 Å². The molecular weight excluding hydrogens is 200 g/mol. The molecule has 6 nitrogen and oxygen atoms in total. The van der Waals surface area contributed by atoms with E-state index in [4.69, 9.17) is 9.84 Å². The van der Waals surface area contributed by atoms with Gasteiger partial charge in [-0.3, -0.25) is 9.59 Å². The van der Waals surface area contributed by atoms with Crippen LogP contribution in [0, 0.1) is 0 Å². The van der Waals surface area contributed by atoms with Crippen LogP contribution in [0.5, 0.6) is 0 Å². The SMILES string of the molecule is COCC(CO)NC(=O)C(C)NC(C)=O. The van der Waals surface area contributed by atoms with Gasteiger partial charge in [0, 0.05) is 14.0 Å². The van der Waals surface area contributed by atoms with Crippen LogP contribution in [-0.2, 0) is 14.3 Å². The number of hydrogen-bond acceptors (Lipinski definition) is 4. The molecule has 88 valence electrons. The lowest BCUT2D eigenvalue weighted by Crippen LogP contribution is -2.49. The Labute approximate surface area is 89.0 Å². The summed E-state index contributed by atoms with van der Waals surface area (Å²) in [4.78, 5) is 22.1. The van der Waals surface area contributed by atoms with Gasteiger partial charge in [-0.1, -0.05) is 0 Å². The Morgan fingerprint density at radius 1 is 1.40 bits per heavy atom. The number of ether oxygens (including phenoxy) is 1. The Kier molecular flexibility index (Phi) is 6.64. The van der Waals surface area contributed by atoms with Gasteiger partial charge in [0.25, 0.3) is 0 Å². The van der Waals surface area contributed by atoms with E-state index in [1.165, 1.54) is 14.0 Å². The second-order valence-corrected chi connectivity index (χ2v) is 3.27. The first-order valence-electron chi connectivity index (χ1n) is 4.68. The molecule has 0 saturated carbocycles. The third-order valence-electron chi connectivity index (χ3n) is 1.75. The minimum absolute atomic E-state index is 0.202. The summed E-state index contributed by atoms with van der Waals surface area (Å²) in [5.41, 5.74) is 0. The monoisotopic (exact) mass is 218 g/mol. The lowest BCUT2D eigenvalue weighted by atomic mass is 10.2. The lowest BCUT2D eigenvalue weighted by molar-refractivity contribution is -0.128. The molecule has 0 rings (SSSR count). The number of carbonyl (C=O) groups excluding carboxylic acids is 2. The second-order valence-electron chi connectivity index (χ2n) is 3.27. The van der Waals surface area contributed by atoms with Gasteiger partial charge in [0.05, 0.1) is 19.3 Å². The summed E-state index contributed by atoms with van der Waals surface area (Å²) in [6.45, 7) is 2.93. The molecule has 15 heavy (non-hydrogen) atoms. The highest BCUT2D eigenvalue weighted by Gasteiger charge is 2.17. The summed E-state index contributed by atoms with van der Waals surface area (Å²) in [6.07, 6.45) is 0. The Hall–Kier alpha value is -1.14. The van der Waals surface area contributed by atoms with Crippen molar-refractivity contribution < 1.29 is 19.4 Å². The number of carbonyl (C=O) groups is 2. The molecule has 0 aliphatic carbocycles. The standard InChI is InChI=1S/C9H18N2O4/c1-6(10-7(2)13)9(14)11-8(4-12)5-15-3/h6,8,12H,4-5H2,1-3H3,(H,10,13)(H,11,14). The summed E-state index contributed by atoms with van der Waals surface area (Å²) < 4.78 is 4.79. The Balaban J connectivity index is 4.03. The largest absolute Gasteiger partial charge is 0.394 e. The van der Waals surface area contributed by atoms with E-state index >= 15 is 0 Å². The van der Waals surface area contributed by atoms with Gasteiger partial charge in [-0.05, 0) is 6.92 Å². The molecule has 0 aliphatic rings. The normalized spacial score (nSPS) is 14.1. The van der Waals surface area contributed by atoms with Gasteiger partial charge >= 0.3 is 0 Å². The fraction of sp³-hybridized carbons (Fsp3) is 0.778. The number of rotatable bonds is 6. The van der Waals surface area contributed by atoms with Crippen LogP contribution in [0.2, 0.25) is 0 Å². The third-order valence-corrected chi connectivity index (χ3v) is 1.75. The average Bonchev–Trinajstić information content (AvgIpc) is 2.15. The quantitative estimate of drug-likeness (QED) is 0.513. The predicted octanol–water partition coefficient (Wildman–Crippen LogP) is -1.37. The fourth-order valence-corrected chi connectivity index (χ4v) is 1.04. The van der Waals surface area contributed by atoms with Gasteiger partial charge in [0.2, 0.25) is 11.8 Å². The highest BCUT2D eigenvalue weighted by Crippen LogP contribution is 1.88. The topological polar surface area (TPSA) is 87.7 Å². The van der Waals surface area contributed by atoms with Crippen molar-refractivity contribution in [2.24, 2.45) is 0 Å². The number of hydrogen-bond donors (Lipinski definition) is 3. The maximum Gasteiger partial charge on any atom is 0.242 e. The smallest absolute Gasteiger partial charge is 0.242 e. The Morgan fingerprint density at radius 3 is 2.40 bits per heavy atom. The van der Waals surface area contributed by atoms with Crippen LogP contribution in [0.1, 0.15) is 13.8 Å². The minimum Gasteiger partial charge on any atom is -0.394 e. The van der Waals surface area contributed by atoms with Crippen molar-refractivity contribution >= 4 is 11.8 Å². The highest BCUT2D eigenvalue weighted by atomic mass is 16.5. The zero-order valence-corrected chi connectivity index (χ0v) is 9.24. The third kappa shape index (κ3) is 6.03. The fourth-order valence-electron chi connectivity index (χ4n) is 1.04.